The molecule has 5 nitrogen and oxygen atoms in total. The molecule has 6 heteroatoms. The summed E-state index contributed by atoms with van der Waals surface area (Å²) in [5, 5.41) is 6.50. The van der Waals surface area contributed by atoms with Crippen LogP contribution in [0.5, 0.6) is 5.75 Å². The summed E-state index contributed by atoms with van der Waals surface area (Å²) in [6.07, 6.45) is 0.382. The first kappa shape index (κ1) is 15.0. The highest BCUT2D eigenvalue weighted by molar-refractivity contribution is 5.27. The number of nitrogens with zero attached hydrogens (tertiary/aromatic N) is 2. The van der Waals surface area contributed by atoms with Crippen molar-refractivity contribution in [3.05, 3.63) is 81.8 Å². The third-order valence-corrected chi connectivity index (χ3v) is 3.59. The third kappa shape index (κ3) is 3.48. The number of aromatic nitrogens is 3. The second kappa shape index (κ2) is 6.48. The highest BCUT2D eigenvalue weighted by atomic mass is 19.1. The number of hydrogen-bond acceptors (Lipinski definition) is 3. The van der Waals surface area contributed by atoms with Gasteiger partial charge < -0.3 is 4.74 Å². The summed E-state index contributed by atoms with van der Waals surface area (Å²) in [5.74, 6) is 1.02. The van der Waals surface area contributed by atoms with Gasteiger partial charge in [0.05, 0.1) is 13.7 Å². The van der Waals surface area contributed by atoms with Crippen molar-refractivity contribution in [1.82, 2.24) is 14.8 Å². The Hall–Kier alpha value is -2.89. The Balaban J connectivity index is 1.84. The van der Waals surface area contributed by atoms with Crippen LogP contribution in [0.2, 0.25) is 0 Å². The predicted octanol–water partition coefficient (Wildman–Crippen LogP) is 2.36. The maximum atomic E-state index is 13.3. The highest BCUT2D eigenvalue weighted by Gasteiger charge is 2.10. The molecule has 3 aromatic rings. The van der Waals surface area contributed by atoms with Crippen molar-refractivity contribution in [2.45, 2.75) is 13.0 Å². The number of ether oxygens (including phenoxy) is 1. The molecule has 0 spiro atoms. The Morgan fingerprint density at radius 3 is 2.65 bits per heavy atom. The first-order chi connectivity index (χ1) is 11.2. The SMILES string of the molecule is COc1ccc(Cn2c(Cc3cccc(F)c3)n[nH]c2=O)cc1. The molecule has 0 aliphatic rings. The molecular weight excluding hydrogens is 297 g/mol. The minimum atomic E-state index is -0.304. The van der Waals surface area contributed by atoms with Crippen molar-refractivity contribution < 1.29 is 9.13 Å². The van der Waals surface area contributed by atoms with Gasteiger partial charge in [-0.15, -0.1) is 0 Å². The molecular formula is C17H16FN3O2. The lowest BCUT2D eigenvalue weighted by Crippen LogP contribution is -2.19. The van der Waals surface area contributed by atoms with Crippen LogP contribution in [0.25, 0.3) is 0 Å². The zero-order valence-corrected chi connectivity index (χ0v) is 12.6. The summed E-state index contributed by atoms with van der Waals surface area (Å²) in [4.78, 5) is 12.0. The monoisotopic (exact) mass is 313 g/mol. The van der Waals surface area contributed by atoms with E-state index in [4.69, 9.17) is 4.74 Å². The van der Waals surface area contributed by atoms with E-state index in [0.29, 0.717) is 18.8 Å². The van der Waals surface area contributed by atoms with Crippen LogP contribution in [0.4, 0.5) is 4.39 Å². The second-order valence-corrected chi connectivity index (χ2v) is 5.19. The number of methoxy groups -OCH3 is 1. The second-order valence-electron chi connectivity index (χ2n) is 5.19. The van der Waals surface area contributed by atoms with Crippen LogP contribution < -0.4 is 10.4 Å². The van der Waals surface area contributed by atoms with Crippen LogP contribution in [-0.4, -0.2) is 21.9 Å². The zero-order chi connectivity index (χ0) is 16.2. The smallest absolute Gasteiger partial charge is 0.343 e. The van der Waals surface area contributed by atoms with Gasteiger partial charge in [0.2, 0.25) is 0 Å². The van der Waals surface area contributed by atoms with Crippen LogP contribution in [-0.2, 0) is 13.0 Å². The van der Waals surface area contributed by atoms with Crippen molar-refractivity contribution in [2.75, 3.05) is 7.11 Å². The quantitative estimate of drug-likeness (QED) is 0.786. The minimum absolute atomic E-state index is 0.285. The summed E-state index contributed by atoms with van der Waals surface area (Å²) in [6.45, 7) is 0.393. The molecule has 0 amide bonds. The van der Waals surface area contributed by atoms with E-state index in [0.717, 1.165) is 16.9 Å². The van der Waals surface area contributed by atoms with Crippen LogP contribution >= 0.6 is 0 Å². The van der Waals surface area contributed by atoms with E-state index in [2.05, 4.69) is 10.2 Å². The molecule has 0 bridgehead atoms. The normalized spacial score (nSPS) is 10.7. The summed E-state index contributed by atoms with van der Waals surface area (Å²) in [6, 6.07) is 13.7. The fourth-order valence-corrected chi connectivity index (χ4v) is 2.39. The molecule has 0 fully saturated rings. The van der Waals surface area contributed by atoms with Crippen molar-refractivity contribution in [1.29, 1.82) is 0 Å². The number of rotatable bonds is 5. The first-order valence-electron chi connectivity index (χ1n) is 7.17. The maximum absolute atomic E-state index is 13.3. The van der Waals surface area contributed by atoms with Crippen molar-refractivity contribution >= 4 is 0 Å². The van der Waals surface area contributed by atoms with Crippen molar-refractivity contribution in [3.8, 4) is 5.75 Å². The number of benzene rings is 2. The number of H-pyrrole nitrogens is 1. The van der Waals surface area contributed by atoms with Gasteiger partial charge in [0, 0.05) is 6.42 Å². The van der Waals surface area contributed by atoms with Crippen LogP contribution in [0.1, 0.15) is 17.0 Å². The predicted molar refractivity (Wildman–Crippen MR) is 84.1 cm³/mol. The van der Waals surface area contributed by atoms with Crippen LogP contribution in [0.15, 0.2) is 53.3 Å². The molecule has 2 aromatic carbocycles. The Labute approximate surface area is 132 Å². The Bertz CT molecular complexity index is 853. The fourth-order valence-electron chi connectivity index (χ4n) is 2.39. The standard InChI is InChI=1S/C17H16FN3O2/c1-23-15-7-5-12(6-8-15)11-21-16(19-20-17(21)22)10-13-3-2-4-14(18)9-13/h2-9H,10-11H2,1H3,(H,20,22). The first-order valence-corrected chi connectivity index (χ1v) is 7.17. The molecule has 0 radical (unpaired) electrons. The zero-order valence-electron chi connectivity index (χ0n) is 12.6. The lowest BCUT2D eigenvalue weighted by atomic mass is 10.1. The molecule has 0 aliphatic heterocycles. The maximum Gasteiger partial charge on any atom is 0.343 e. The third-order valence-electron chi connectivity index (χ3n) is 3.59. The van der Waals surface area contributed by atoms with E-state index < -0.39 is 0 Å². The summed E-state index contributed by atoms with van der Waals surface area (Å²) < 4.78 is 20.0. The molecule has 3 rings (SSSR count). The minimum Gasteiger partial charge on any atom is -0.497 e. The van der Waals surface area contributed by atoms with Crippen LogP contribution in [0.3, 0.4) is 0 Å². The van der Waals surface area contributed by atoms with Gasteiger partial charge in [0.15, 0.2) is 0 Å². The number of aromatic amines is 1. The molecule has 23 heavy (non-hydrogen) atoms. The molecule has 118 valence electrons. The Morgan fingerprint density at radius 2 is 1.96 bits per heavy atom. The Morgan fingerprint density at radius 1 is 1.17 bits per heavy atom. The van der Waals surface area contributed by atoms with E-state index in [-0.39, 0.29) is 11.5 Å². The van der Waals surface area contributed by atoms with Gasteiger partial charge in [-0.05, 0) is 35.4 Å². The lowest BCUT2D eigenvalue weighted by Gasteiger charge is -2.07. The Kier molecular flexibility index (Phi) is 4.23. The average Bonchev–Trinajstić information content (AvgIpc) is 2.89. The molecule has 0 saturated heterocycles. The van der Waals surface area contributed by atoms with E-state index in [9.17, 15) is 9.18 Å². The van der Waals surface area contributed by atoms with E-state index in [1.54, 1.807) is 23.8 Å². The molecule has 1 aromatic heterocycles. The number of hydrogen-bond donors (Lipinski definition) is 1. The molecule has 0 saturated carbocycles. The number of halogens is 1. The molecule has 0 unspecified atom stereocenters. The molecule has 0 atom stereocenters. The fraction of sp³-hybridized carbons (Fsp3) is 0.176. The van der Waals surface area contributed by atoms with Gasteiger partial charge in [-0.3, -0.25) is 4.57 Å². The highest BCUT2D eigenvalue weighted by Crippen LogP contribution is 2.13. The van der Waals surface area contributed by atoms with Crippen molar-refractivity contribution in [3.63, 3.8) is 0 Å². The van der Waals surface area contributed by atoms with Gasteiger partial charge in [-0.1, -0.05) is 24.3 Å². The van der Waals surface area contributed by atoms with Gasteiger partial charge in [-0.25, -0.2) is 14.3 Å². The number of nitrogens with one attached hydrogen (secondary N) is 1. The van der Waals surface area contributed by atoms with Crippen molar-refractivity contribution in [2.24, 2.45) is 0 Å². The van der Waals surface area contributed by atoms with Gasteiger partial charge in [0.1, 0.15) is 17.4 Å². The molecule has 1 N–H and O–H groups in total. The van der Waals surface area contributed by atoms with E-state index in [1.165, 1.54) is 12.1 Å². The van der Waals surface area contributed by atoms with Crippen LogP contribution in [0, 0.1) is 5.82 Å². The average molecular weight is 313 g/mol. The van der Waals surface area contributed by atoms with Gasteiger partial charge in [-0.2, -0.15) is 5.10 Å². The summed E-state index contributed by atoms with van der Waals surface area (Å²) in [7, 11) is 1.60. The lowest BCUT2D eigenvalue weighted by molar-refractivity contribution is 0.414. The van der Waals surface area contributed by atoms with Gasteiger partial charge >= 0.3 is 5.69 Å². The summed E-state index contributed by atoms with van der Waals surface area (Å²) >= 11 is 0. The molecule has 0 aliphatic carbocycles. The van der Waals surface area contributed by atoms with Gasteiger partial charge in [0.25, 0.3) is 0 Å². The van der Waals surface area contributed by atoms with E-state index in [1.807, 2.05) is 24.3 Å². The summed E-state index contributed by atoms with van der Waals surface area (Å²) in [5.41, 5.74) is 1.43. The largest absolute Gasteiger partial charge is 0.497 e. The van der Waals surface area contributed by atoms with E-state index >= 15 is 0 Å². The topological polar surface area (TPSA) is 59.9 Å². The molecule has 1 heterocycles.